The van der Waals surface area contributed by atoms with Gasteiger partial charge in [-0.05, 0) is 63.6 Å². The molecule has 32 heavy (non-hydrogen) atoms. The van der Waals surface area contributed by atoms with Crippen molar-refractivity contribution >= 4 is 33.2 Å². The maximum Gasteiger partial charge on any atom is 0.162 e. The fourth-order valence-corrected chi connectivity index (χ4v) is 4.62. The molecular weight excluding hydrogens is 394 g/mol. The number of aromatic nitrogens is 4. The second kappa shape index (κ2) is 7.83. The molecule has 3 heterocycles. The van der Waals surface area contributed by atoms with E-state index in [-0.39, 0.29) is 0 Å². The molecule has 0 bridgehead atoms. The monoisotopic (exact) mass is 423 g/mol. The maximum absolute atomic E-state index is 4.72. The van der Waals surface area contributed by atoms with Gasteiger partial charge in [0, 0.05) is 56.6 Å². The van der Waals surface area contributed by atoms with E-state index < -0.39 is 0 Å². The van der Waals surface area contributed by atoms with Gasteiger partial charge in [0.25, 0.3) is 0 Å². The number of anilines is 2. The summed E-state index contributed by atoms with van der Waals surface area (Å²) < 4.78 is 2.33. The smallest absolute Gasteiger partial charge is 0.162 e. The van der Waals surface area contributed by atoms with Crippen LogP contribution in [0.4, 0.5) is 11.5 Å². The van der Waals surface area contributed by atoms with E-state index >= 15 is 0 Å². The van der Waals surface area contributed by atoms with Gasteiger partial charge in [-0.3, -0.25) is 0 Å². The molecule has 0 saturated carbocycles. The molecule has 0 saturated heterocycles. The molecule has 0 aliphatic carbocycles. The Balaban J connectivity index is 1.73. The van der Waals surface area contributed by atoms with E-state index in [9.17, 15) is 0 Å². The molecule has 0 aliphatic heterocycles. The summed E-state index contributed by atoms with van der Waals surface area (Å²) in [4.78, 5) is 3.25. The fraction of sp³-hybridized carbons (Fsp3) is 0.259. The molecule has 0 radical (unpaired) electrons. The topological polar surface area (TPSA) is 58.5 Å². The first kappa shape index (κ1) is 20.3. The van der Waals surface area contributed by atoms with Crippen LogP contribution in [0, 0.1) is 20.8 Å². The first-order valence-electron chi connectivity index (χ1n) is 11.3. The van der Waals surface area contributed by atoms with Crippen LogP contribution in [0.5, 0.6) is 0 Å². The molecule has 5 aromatic rings. The van der Waals surface area contributed by atoms with Crippen LogP contribution in [-0.4, -0.2) is 19.7 Å². The average molecular weight is 424 g/mol. The lowest BCUT2D eigenvalue weighted by molar-refractivity contribution is 0.700. The van der Waals surface area contributed by atoms with Gasteiger partial charge in [-0.25, -0.2) is 0 Å². The third kappa shape index (κ3) is 3.25. The van der Waals surface area contributed by atoms with Crippen LogP contribution in [-0.2, 0) is 0 Å². The van der Waals surface area contributed by atoms with E-state index in [4.69, 9.17) is 5.10 Å². The molecule has 5 rings (SSSR count). The normalized spacial score (nSPS) is 12.5. The lowest BCUT2D eigenvalue weighted by Gasteiger charge is -2.13. The molecule has 0 spiro atoms. The number of H-pyrrole nitrogens is 1. The molecule has 2 aromatic carbocycles. The zero-order chi connectivity index (χ0) is 22.4. The van der Waals surface area contributed by atoms with Crippen molar-refractivity contribution in [2.24, 2.45) is 0 Å². The van der Waals surface area contributed by atoms with Crippen molar-refractivity contribution in [3.8, 4) is 5.69 Å². The number of hydrogen-bond acceptors (Lipinski definition) is 3. The van der Waals surface area contributed by atoms with Crippen LogP contribution in [0.2, 0.25) is 0 Å². The highest BCUT2D eigenvalue weighted by molar-refractivity contribution is 6.00. The van der Waals surface area contributed by atoms with Crippen molar-refractivity contribution < 1.29 is 0 Å². The summed E-state index contributed by atoms with van der Waals surface area (Å²) in [6, 6.07) is 17.1. The van der Waals surface area contributed by atoms with E-state index in [0.717, 1.165) is 40.2 Å². The molecule has 5 nitrogen and oxygen atoms in total. The minimum atomic E-state index is 0.335. The summed E-state index contributed by atoms with van der Waals surface area (Å²) in [7, 11) is 0. The summed E-state index contributed by atoms with van der Waals surface area (Å²) in [5.74, 6) is 1.13. The quantitative estimate of drug-likeness (QED) is 0.317. The lowest BCUT2D eigenvalue weighted by atomic mass is 9.99. The van der Waals surface area contributed by atoms with Crippen LogP contribution in [0.3, 0.4) is 0 Å². The molecule has 5 heteroatoms. The molecule has 0 aliphatic rings. The number of aryl methyl sites for hydroxylation is 3. The Hall–Kier alpha value is -3.60. The zero-order valence-electron chi connectivity index (χ0n) is 19.3. The van der Waals surface area contributed by atoms with Gasteiger partial charge in [-0.2, -0.15) is 5.10 Å². The highest BCUT2D eigenvalue weighted by Gasteiger charge is 2.23. The molecule has 3 aromatic heterocycles. The summed E-state index contributed by atoms with van der Waals surface area (Å²) in [5, 5.41) is 16.5. The van der Waals surface area contributed by atoms with Crippen molar-refractivity contribution in [2.45, 2.75) is 47.0 Å². The Morgan fingerprint density at radius 3 is 2.44 bits per heavy atom. The number of benzene rings is 2. The van der Waals surface area contributed by atoms with Gasteiger partial charge in [-0.15, -0.1) is 5.10 Å². The van der Waals surface area contributed by atoms with E-state index in [2.05, 4.69) is 103 Å². The Kier molecular flexibility index (Phi) is 4.97. The predicted molar refractivity (Wildman–Crippen MR) is 133 cm³/mol. The Morgan fingerprint density at radius 2 is 1.69 bits per heavy atom. The van der Waals surface area contributed by atoms with Crippen molar-refractivity contribution in [3.05, 3.63) is 77.4 Å². The third-order valence-electron chi connectivity index (χ3n) is 6.58. The molecule has 2 N–H and O–H groups in total. The van der Waals surface area contributed by atoms with Gasteiger partial charge in [0.15, 0.2) is 5.82 Å². The van der Waals surface area contributed by atoms with Crippen LogP contribution >= 0.6 is 0 Å². The highest BCUT2D eigenvalue weighted by atomic mass is 15.2. The van der Waals surface area contributed by atoms with E-state index in [1.54, 1.807) is 0 Å². The second-order valence-corrected chi connectivity index (χ2v) is 8.74. The summed E-state index contributed by atoms with van der Waals surface area (Å²) >= 11 is 0. The summed E-state index contributed by atoms with van der Waals surface area (Å²) in [6.07, 6.45) is 2.98. The SMILES string of the molecule is CCC(C)c1nnc(Nc2ccc3[nH]ccc3c2)c2c(C)n(-c3ccc(C)cc3)c(C)c12. The molecule has 1 unspecified atom stereocenters. The largest absolute Gasteiger partial charge is 0.361 e. The number of aromatic amines is 1. The molecule has 162 valence electrons. The number of fused-ring (bicyclic) bond motifs is 2. The Labute approximate surface area is 188 Å². The number of hydrogen-bond donors (Lipinski definition) is 2. The first-order chi connectivity index (χ1) is 15.5. The van der Waals surface area contributed by atoms with Crippen LogP contribution in [0.15, 0.2) is 54.7 Å². The fourth-order valence-electron chi connectivity index (χ4n) is 4.62. The summed E-state index contributed by atoms with van der Waals surface area (Å²) in [5.41, 5.74) is 7.99. The van der Waals surface area contributed by atoms with Gasteiger partial charge in [-0.1, -0.05) is 31.5 Å². The van der Waals surface area contributed by atoms with Gasteiger partial charge in [0.05, 0.1) is 5.69 Å². The predicted octanol–water partition coefficient (Wildman–Crippen LogP) is 7.08. The molecular formula is C27H29N5. The van der Waals surface area contributed by atoms with E-state index in [0.29, 0.717) is 5.92 Å². The molecule has 0 amide bonds. The van der Waals surface area contributed by atoms with Crippen molar-refractivity contribution in [3.63, 3.8) is 0 Å². The lowest BCUT2D eigenvalue weighted by Crippen LogP contribution is -2.03. The van der Waals surface area contributed by atoms with Crippen LogP contribution in [0.25, 0.3) is 27.4 Å². The van der Waals surface area contributed by atoms with Crippen molar-refractivity contribution in [1.29, 1.82) is 0 Å². The highest BCUT2D eigenvalue weighted by Crippen LogP contribution is 2.38. The average Bonchev–Trinajstić information content (AvgIpc) is 3.37. The van der Waals surface area contributed by atoms with Gasteiger partial charge < -0.3 is 14.9 Å². The number of rotatable bonds is 5. The maximum atomic E-state index is 4.72. The zero-order valence-corrected chi connectivity index (χ0v) is 19.3. The second-order valence-electron chi connectivity index (χ2n) is 8.74. The minimum absolute atomic E-state index is 0.335. The van der Waals surface area contributed by atoms with Gasteiger partial charge >= 0.3 is 0 Å². The van der Waals surface area contributed by atoms with Crippen LogP contribution in [0.1, 0.15) is 48.8 Å². The minimum Gasteiger partial charge on any atom is -0.361 e. The Bertz CT molecular complexity index is 1420. The summed E-state index contributed by atoms with van der Waals surface area (Å²) in [6.45, 7) is 10.9. The standard InChI is InChI=1S/C27H29N5/c1-6-17(3)26-24-18(4)32(22-10-7-16(2)8-11-22)19(5)25(24)27(31-30-26)29-21-9-12-23-20(15-21)13-14-28-23/h7-15,17,28H,6H2,1-5H3,(H,29,31). The van der Waals surface area contributed by atoms with E-state index in [1.807, 2.05) is 6.20 Å². The van der Waals surface area contributed by atoms with Crippen molar-refractivity contribution in [1.82, 2.24) is 19.7 Å². The van der Waals surface area contributed by atoms with Crippen molar-refractivity contribution in [2.75, 3.05) is 5.32 Å². The third-order valence-corrected chi connectivity index (χ3v) is 6.58. The van der Waals surface area contributed by atoms with Gasteiger partial charge in [0.2, 0.25) is 0 Å². The number of nitrogens with one attached hydrogen (secondary N) is 2. The molecule has 1 atom stereocenters. The first-order valence-corrected chi connectivity index (χ1v) is 11.3. The van der Waals surface area contributed by atoms with Gasteiger partial charge in [0.1, 0.15) is 0 Å². The molecule has 0 fully saturated rings. The van der Waals surface area contributed by atoms with Crippen LogP contribution < -0.4 is 5.32 Å². The van der Waals surface area contributed by atoms with E-state index in [1.165, 1.54) is 27.7 Å². The Morgan fingerprint density at radius 1 is 0.938 bits per heavy atom. The number of nitrogens with zero attached hydrogens (tertiary/aromatic N) is 3.